The van der Waals surface area contributed by atoms with Crippen molar-refractivity contribution in [3.8, 4) is 0 Å². The van der Waals surface area contributed by atoms with E-state index in [-0.39, 0.29) is 18.0 Å². The van der Waals surface area contributed by atoms with Crippen molar-refractivity contribution in [3.05, 3.63) is 35.4 Å². The Morgan fingerprint density at radius 2 is 1.83 bits per heavy atom. The Morgan fingerprint density at radius 3 is 2.39 bits per heavy atom. The van der Waals surface area contributed by atoms with Crippen LogP contribution in [0.4, 0.5) is 0 Å². The summed E-state index contributed by atoms with van der Waals surface area (Å²) in [4.78, 5) is 11.7. The molecule has 2 N–H and O–H groups in total. The van der Waals surface area contributed by atoms with Gasteiger partial charge in [0, 0.05) is 12.6 Å². The van der Waals surface area contributed by atoms with Crippen molar-refractivity contribution in [3.63, 3.8) is 0 Å². The number of aryl methyl sites for hydroxylation is 1. The highest BCUT2D eigenvalue weighted by Crippen LogP contribution is 2.13. The van der Waals surface area contributed by atoms with Crippen LogP contribution in [0, 0.1) is 6.92 Å². The van der Waals surface area contributed by atoms with E-state index < -0.39 is 0 Å². The summed E-state index contributed by atoms with van der Waals surface area (Å²) in [6, 6.07) is 8.39. The second-order valence-electron chi connectivity index (χ2n) is 4.81. The van der Waals surface area contributed by atoms with E-state index in [1.165, 1.54) is 11.1 Å². The Kier molecular flexibility index (Phi) is 5.86. The van der Waals surface area contributed by atoms with Gasteiger partial charge in [-0.2, -0.15) is 0 Å². The summed E-state index contributed by atoms with van der Waals surface area (Å²) in [5.74, 6) is 0.0656. The predicted molar refractivity (Wildman–Crippen MR) is 75.5 cm³/mol. The van der Waals surface area contributed by atoms with E-state index in [2.05, 4.69) is 48.7 Å². The molecule has 1 rings (SSSR count). The molecule has 3 heteroatoms. The van der Waals surface area contributed by atoms with Crippen LogP contribution in [0.15, 0.2) is 24.3 Å². The van der Waals surface area contributed by atoms with Crippen molar-refractivity contribution < 1.29 is 4.79 Å². The highest BCUT2D eigenvalue weighted by Gasteiger charge is 2.15. The molecule has 0 radical (unpaired) electrons. The third-order valence-electron chi connectivity index (χ3n) is 3.02. The van der Waals surface area contributed by atoms with Gasteiger partial charge in [0.1, 0.15) is 0 Å². The number of nitrogens with one attached hydrogen (secondary N) is 2. The zero-order chi connectivity index (χ0) is 13.5. The van der Waals surface area contributed by atoms with Crippen LogP contribution in [0.25, 0.3) is 0 Å². The van der Waals surface area contributed by atoms with Crippen LogP contribution in [-0.4, -0.2) is 18.5 Å². The molecule has 1 aromatic rings. The van der Waals surface area contributed by atoms with Gasteiger partial charge in [0.05, 0.1) is 6.04 Å². The summed E-state index contributed by atoms with van der Waals surface area (Å²) in [7, 11) is 0. The molecule has 1 aromatic carbocycles. The van der Waals surface area contributed by atoms with Crippen LogP contribution in [0.3, 0.4) is 0 Å². The van der Waals surface area contributed by atoms with Gasteiger partial charge in [0.15, 0.2) is 0 Å². The van der Waals surface area contributed by atoms with Gasteiger partial charge >= 0.3 is 0 Å². The summed E-state index contributed by atoms with van der Waals surface area (Å²) in [6.07, 6.45) is 0.964. The second-order valence-corrected chi connectivity index (χ2v) is 4.81. The van der Waals surface area contributed by atoms with Gasteiger partial charge < -0.3 is 5.32 Å². The summed E-state index contributed by atoms with van der Waals surface area (Å²) >= 11 is 0. The molecule has 0 heterocycles. The summed E-state index contributed by atoms with van der Waals surface area (Å²) in [5, 5.41) is 6.21. The number of amides is 1. The standard InChI is InChI=1S/C15H24N2O/c1-5-10-16-15(18)13(4)17-12(3)14-8-6-11(2)7-9-14/h6-9,12-13,17H,5,10H2,1-4H3,(H,16,18). The lowest BCUT2D eigenvalue weighted by Crippen LogP contribution is -2.43. The van der Waals surface area contributed by atoms with Crippen LogP contribution in [0.5, 0.6) is 0 Å². The zero-order valence-corrected chi connectivity index (χ0v) is 11.8. The molecule has 0 aliphatic rings. The number of rotatable bonds is 6. The van der Waals surface area contributed by atoms with Crippen molar-refractivity contribution in [2.75, 3.05) is 6.54 Å². The van der Waals surface area contributed by atoms with Gasteiger partial charge in [0.2, 0.25) is 5.91 Å². The van der Waals surface area contributed by atoms with Crippen molar-refractivity contribution in [2.24, 2.45) is 0 Å². The highest BCUT2D eigenvalue weighted by atomic mass is 16.2. The number of hydrogen-bond donors (Lipinski definition) is 2. The van der Waals surface area contributed by atoms with Gasteiger partial charge in [-0.05, 0) is 32.8 Å². The Balaban J connectivity index is 2.50. The molecule has 0 saturated heterocycles. The SMILES string of the molecule is CCCNC(=O)C(C)NC(C)c1ccc(C)cc1. The summed E-state index contributed by atoms with van der Waals surface area (Å²) in [5.41, 5.74) is 2.45. The fourth-order valence-corrected chi connectivity index (χ4v) is 1.80. The normalized spacial score (nSPS) is 14.0. The van der Waals surface area contributed by atoms with Crippen molar-refractivity contribution in [2.45, 2.75) is 46.2 Å². The van der Waals surface area contributed by atoms with Gasteiger partial charge in [-0.15, -0.1) is 0 Å². The first kappa shape index (κ1) is 14.7. The molecule has 0 aliphatic heterocycles. The van der Waals surface area contributed by atoms with E-state index in [0.717, 1.165) is 13.0 Å². The first-order chi connectivity index (χ1) is 8.54. The minimum atomic E-state index is -0.173. The monoisotopic (exact) mass is 248 g/mol. The maximum atomic E-state index is 11.7. The van der Waals surface area contributed by atoms with Crippen molar-refractivity contribution in [1.82, 2.24) is 10.6 Å². The topological polar surface area (TPSA) is 41.1 Å². The van der Waals surface area contributed by atoms with E-state index in [9.17, 15) is 4.79 Å². The third kappa shape index (κ3) is 4.49. The van der Waals surface area contributed by atoms with Crippen LogP contribution < -0.4 is 10.6 Å². The number of hydrogen-bond acceptors (Lipinski definition) is 2. The average Bonchev–Trinajstić information content (AvgIpc) is 2.36. The zero-order valence-electron chi connectivity index (χ0n) is 11.8. The van der Waals surface area contributed by atoms with Crippen LogP contribution in [0.2, 0.25) is 0 Å². The van der Waals surface area contributed by atoms with E-state index in [1.807, 2.05) is 13.8 Å². The highest BCUT2D eigenvalue weighted by molar-refractivity contribution is 5.81. The van der Waals surface area contributed by atoms with Crippen LogP contribution >= 0.6 is 0 Å². The molecule has 1 amide bonds. The average molecular weight is 248 g/mol. The summed E-state index contributed by atoms with van der Waals surface area (Å²) in [6.45, 7) is 8.84. The van der Waals surface area contributed by atoms with E-state index >= 15 is 0 Å². The fourth-order valence-electron chi connectivity index (χ4n) is 1.80. The number of carbonyl (C=O) groups is 1. The Labute approximate surface area is 110 Å². The molecule has 0 saturated carbocycles. The van der Waals surface area contributed by atoms with E-state index in [0.29, 0.717) is 0 Å². The molecule has 0 fully saturated rings. The first-order valence-electron chi connectivity index (χ1n) is 6.65. The predicted octanol–water partition coefficient (Wildman–Crippen LogP) is 2.56. The molecule has 18 heavy (non-hydrogen) atoms. The van der Waals surface area contributed by atoms with Crippen LogP contribution in [0.1, 0.15) is 44.4 Å². The maximum absolute atomic E-state index is 11.7. The van der Waals surface area contributed by atoms with E-state index in [4.69, 9.17) is 0 Å². The molecule has 2 unspecified atom stereocenters. The summed E-state index contributed by atoms with van der Waals surface area (Å²) < 4.78 is 0. The lowest BCUT2D eigenvalue weighted by atomic mass is 10.1. The Morgan fingerprint density at radius 1 is 1.22 bits per heavy atom. The molecule has 0 bridgehead atoms. The van der Waals surface area contributed by atoms with Crippen molar-refractivity contribution in [1.29, 1.82) is 0 Å². The number of benzene rings is 1. The smallest absolute Gasteiger partial charge is 0.236 e. The largest absolute Gasteiger partial charge is 0.355 e. The third-order valence-corrected chi connectivity index (χ3v) is 3.02. The molecule has 100 valence electrons. The lowest BCUT2D eigenvalue weighted by Gasteiger charge is -2.20. The van der Waals surface area contributed by atoms with Gasteiger partial charge in [-0.1, -0.05) is 36.8 Å². The quantitative estimate of drug-likeness (QED) is 0.812. The molecular formula is C15H24N2O. The minimum Gasteiger partial charge on any atom is -0.355 e. The number of carbonyl (C=O) groups excluding carboxylic acids is 1. The van der Waals surface area contributed by atoms with Crippen molar-refractivity contribution >= 4 is 5.91 Å². The molecule has 0 aromatic heterocycles. The Bertz CT molecular complexity index is 373. The van der Waals surface area contributed by atoms with Gasteiger partial charge in [-0.25, -0.2) is 0 Å². The van der Waals surface area contributed by atoms with Crippen LogP contribution in [-0.2, 0) is 4.79 Å². The molecule has 3 nitrogen and oxygen atoms in total. The minimum absolute atomic E-state index is 0.0656. The molecule has 2 atom stereocenters. The second kappa shape index (κ2) is 7.17. The maximum Gasteiger partial charge on any atom is 0.236 e. The fraction of sp³-hybridized carbons (Fsp3) is 0.533. The molecule has 0 aliphatic carbocycles. The van der Waals surface area contributed by atoms with Gasteiger partial charge in [-0.3, -0.25) is 10.1 Å². The molecular weight excluding hydrogens is 224 g/mol. The lowest BCUT2D eigenvalue weighted by molar-refractivity contribution is -0.122. The Hall–Kier alpha value is -1.35. The molecule has 0 spiro atoms. The van der Waals surface area contributed by atoms with Gasteiger partial charge in [0.25, 0.3) is 0 Å². The van der Waals surface area contributed by atoms with E-state index in [1.54, 1.807) is 0 Å². The first-order valence-corrected chi connectivity index (χ1v) is 6.65.